The molecule has 26 heavy (non-hydrogen) atoms. The van der Waals surface area contributed by atoms with Gasteiger partial charge in [-0.3, -0.25) is 9.69 Å². The Morgan fingerprint density at radius 2 is 1.85 bits per heavy atom. The number of carbonyl (C=O) groups excluding carboxylic acids is 2. The zero-order chi connectivity index (χ0) is 18.8. The van der Waals surface area contributed by atoms with Crippen molar-refractivity contribution in [2.45, 2.75) is 6.92 Å². The van der Waals surface area contributed by atoms with E-state index >= 15 is 0 Å². The van der Waals surface area contributed by atoms with E-state index in [0.29, 0.717) is 16.3 Å². The number of aryl methyl sites for hydroxylation is 1. The van der Waals surface area contributed by atoms with Crippen LogP contribution < -0.4 is 10.2 Å². The maximum absolute atomic E-state index is 13.4. The molecule has 2 amide bonds. The van der Waals surface area contributed by atoms with Crippen molar-refractivity contribution in [3.63, 3.8) is 0 Å². The van der Waals surface area contributed by atoms with E-state index in [2.05, 4.69) is 10.1 Å². The number of ether oxygens (including phenoxy) is 1. The molecule has 0 aliphatic rings. The Kier molecular flexibility index (Phi) is 4.90. The molecule has 0 aliphatic heterocycles. The zero-order valence-electron chi connectivity index (χ0n) is 14.5. The number of anilines is 2. The maximum Gasteiger partial charge on any atom is 0.413 e. The number of thiophene rings is 1. The third kappa shape index (κ3) is 3.39. The van der Waals surface area contributed by atoms with E-state index in [9.17, 15) is 14.0 Å². The molecular formula is C19H17FN2O3S. The predicted octanol–water partition coefficient (Wildman–Crippen LogP) is 4.80. The molecule has 0 aliphatic carbocycles. The van der Waals surface area contributed by atoms with Gasteiger partial charge in [0.25, 0.3) is 5.91 Å². The van der Waals surface area contributed by atoms with E-state index in [0.717, 1.165) is 15.6 Å². The maximum atomic E-state index is 13.4. The molecule has 0 fully saturated rings. The van der Waals surface area contributed by atoms with Gasteiger partial charge in [0.2, 0.25) is 0 Å². The molecule has 0 atom stereocenters. The lowest BCUT2D eigenvalue weighted by molar-refractivity contribution is 0.103. The fourth-order valence-corrected chi connectivity index (χ4v) is 3.69. The summed E-state index contributed by atoms with van der Waals surface area (Å²) in [5, 5.41) is 3.57. The first-order valence-corrected chi connectivity index (χ1v) is 8.64. The minimum absolute atomic E-state index is 0.252. The van der Waals surface area contributed by atoms with Gasteiger partial charge in [0.15, 0.2) is 0 Å². The second kappa shape index (κ2) is 7.13. The summed E-state index contributed by atoms with van der Waals surface area (Å²) in [6.07, 6.45) is -0.477. The Morgan fingerprint density at radius 1 is 1.15 bits per heavy atom. The van der Waals surface area contributed by atoms with Gasteiger partial charge >= 0.3 is 6.09 Å². The Labute approximate surface area is 154 Å². The standard InChI is InChI=1S/C19H17FN2O3S/c1-11-15-10-12(20)4-9-16(15)26-17(11)18(23)21-13-5-7-14(8-6-13)22(2)19(24)25-3/h4-10H,1-3H3,(H,21,23). The minimum Gasteiger partial charge on any atom is -0.452 e. The molecule has 0 saturated carbocycles. The lowest BCUT2D eigenvalue weighted by Crippen LogP contribution is -2.25. The Hall–Kier alpha value is -2.93. The lowest BCUT2D eigenvalue weighted by atomic mass is 10.1. The Morgan fingerprint density at radius 3 is 2.50 bits per heavy atom. The van der Waals surface area contributed by atoms with Gasteiger partial charge in [-0.05, 0) is 60.3 Å². The number of nitrogens with one attached hydrogen (secondary N) is 1. The number of amides is 2. The number of hydrogen-bond acceptors (Lipinski definition) is 4. The Bertz CT molecular complexity index is 982. The van der Waals surface area contributed by atoms with Crippen LogP contribution in [-0.2, 0) is 4.74 Å². The average Bonchev–Trinajstić information content (AvgIpc) is 2.97. The van der Waals surface area contributed by atoms with Crippen LogP contribution in [0.1, 0.15) is 15.2 Å². The highest BCUT2D eigenvalue weighted by molar-refractivity contribution is 7.21. The summed E-state index contributed by atoms with van der Waals surface area (Å²) in [5.74, 6) is -0.575. The molecule has 0 unspecified atom stereocenters. The molecule has 0 saturated heterocycles. The summed E-state index contributed by atoms with van der Waals surface area (Å²) >= 11 is 1.33. The van der Waals surface area contributed by atoms with Crippen molar-refractivity contribution >= 4 is 44.8 Å². The van der Waals surface area contributed by atoms with Crippen LogP contribution in [0.15, 0.2) is 42.5 Å². The highest BCUT2D eigenvalue weighted by Crippen LogP contribution is 2.32. The molecule has 1 aromatic heterocycles. The van der Waals surface area contributed by atoms with Crippen LogP contribution in [0.25, 0.3) is 10.1 Å². The molecule has 0 radical (unpaired) electrons. The number of hydrogen-bond donors (Lipinski definition) is 1. The number of methoxy groups -OCH3 is 1. The first kappa shape index (κ1) is 17.9. The van der Waals surface area contributed by atoms with Gasteiger partial charge in [0, 0.05) is 23.1 Å². The van der Waals surface area contributed by atoms with Gasteiger partial charge in [0.1, 0.15) is 5.82 Å². The quantitative estimate of drug-likeness (QED) is 0.718. The summed E-state index contributed by atoms with van der Waals surface area (Å²) in [6.45, 7) is 1.81. The second-order valence-electron chi connectivity index (χ2n) is 5.73. The van der Waals surface area contributed by atoms with Crippen LogP contribution in [0.5, 0.6) is 0 Å². The second-order valence-corrected chi connectivity index (χ2v) is 6.78. The van der Waals surface area contributed by atoms with Crippen LogP contribution in [0.3, 0.4) is 0 Å². The van der Waals surface area contributed by atoms with E-state index < -0.39 is 6.09 Å². The molecular weight excluding hydrogens is 355 g/mol. The number of fused-ring (bicyclic) bond motifs is 1. The predicted molar refractivity (Wildman–Crippen MR) is 102 cm³/mol. The van der Waals surface area contributed by atoms with Crippen LogP contribution in [0, 0.1) is 12.7 Å². The number of rotatable bonds is 3. The van der Waals surface area contributed by atoms with Crippen LogP contribution in [0.2, 0.25) is 0 Å². The van der Waals surface area contributed by atoms with Gasteiger partial charge in [0.05, 0.1) is 12.0 Å². The van der Waals surface area contributed by atoms with Gasteiger partial charge in [-0.15, -0.1) is 11.3 Å². The topological polar surface area (TPSA) is 58.6 Å². The first-order valence-electron chi connectivity index (χ1n) is 7.82. The molecule has 3 rings (SSSR count). The van der Waals surface area contributed by atoms with E-state index in [1.807, 2.05) is 6.92 Å². The summed E-state index contributed by atoms with van der Waals surface area (Å²) in [6, 6.07) is 11.3. The SMILES string of the molecule is COC(=O)N(C)c1ccc(NC(=O)c2sc3ccc(F)cc3c2C)cc1. The monoisotopic (exact) mass is 372 g/mol. The van der Waals surface area contributed by atoms with Gasteiger partial charge < -0.3 is 10.1 Å². The van der Waals surface area contributed by atoms with Crippen LogP contribution >= 0.6 is 11.3 Å². The molecule has 134 valence electrons. The number of nitrogens with zero attached hydrogens (tertiary/aromatic N) is 1. The highest BCUT2D eigenvalue weighted by Gasteiger charge is 2.16. The van der Waals surface area contributed by atoms with Crippen molar-refractivity contribution in [1.29, 1.82) is 0 Å². The molecule has 5 nitrogen and oxygen atoms in total. The highest BCUT2D eigenvalue weighted by atomic mass is 32.1. The van der Waals surface area contributed by atoms with Crippen LogP contribution in [-0.4, -0.2) is 26.2 Å². The summed E-state index contributed by atoms with van der Waals surface area (Å²) in [5.41, 5.74) is 1.99. The summed E-state index contributed by atoms with van der Waals surface area (Å²) < 4.78 is 19.0. The molecule has 3 aromatic rings. The smallest absolute Gasteiger partial charge is 0.413 e. The molecule has 7 heteroatoms. The fraction of sp³-hybridized carbons (Fsp3) is 0.158. The largest absolute Gasteiger partial charge is 0.452 e. The van der Waals surface area contributed by atoms with Gasteiger partial charge in [-0.1, -0.05) is 0 Å². The zero-order valence-corrected chi connectivity index (χ0v) is 15.3. The lowest BCUT2D eigenvalue weighted by Gasteiger charge is -2.15. The van der Waals surface area contributed by atoms with E-state index in [1.54, 1.807) is 37.4 Å². The Balaban J connectivity index is 1.80. The number of carbonyl (C=O) groups is 2. The van der Waals surface area contributed by atoms with Crippen molar-refractivity contribution in [3.05, 3.63) is 58.7 Å². The number of benzene rings is 2. The van der Waals surface area contributed by atoms with Crippen molar-refractivity contribution in [1.82, 2.24) is 0 Å². The molecule has 1 N–H and O–H groups in total. The van der Waals surface area contributed by atoms with Gasteiger partial charge in [-0.2, -0.15) is 0 Å². The number of halogens is 1. The molecule has 0 spiro atoms. The third-order valence-corrected chi connectivity index (χ3v) is 5.34. The van der Waals surface area contributed by atoms with E-state index in [-0.39, 0.29) is 11.7 Å². The fourth-order valence-electron chi connectivity index (χ4n) is 2.61. The molecule has 2 aromatic carbocycles. The molecule has 0 bridgehead atoms. The van der Waals surface area contributed by atoms with Crippen molar-refractivity contribution < 1.29 is 18.7 Å². The van der Waals surface area contributed by atoms with Crippen molar-refractivity contribution in [3.8, 4) is 0 Å². The summed E-state index contributed by atoms with van der Waals surface area (Å²) in [7, 11) is 2.91. The van der Waals surface area contributed by atoms with Crippen molar-refractivity contribution in [2.24, 2.45) is 0 Å². The third-order valence-electron chi connectivity index (χ3n) is 4.07. The normalized spacial score (nSPS) is 10.6. The first-order chi connectivity index (χ1) is 12.4. The van der Waals surface area contributed by atoms with E-state index in [1.165, 1.54) is 35.5 Å². The van der Waals surface area contributed by atoms with E-state index in [4.69, 9.17) is 0 Å². The van der Waals surface area contributed by atoms with Crippen LogP contribution in [0.4, 0.5) is 20.6 Å². The van der Waals surface area contributed by atoms with Crippen molar-refractivity contribution in [2.75, 3.05) is 24.4 Å². The average molecular weight is 372 g/mol. The minimum atomic E-state index is -0.477. The summed E-state index contributed by atoms with van der Waals surface area (Å²) in [4.78, 5) is 26.0. The van der Waals surface area contributed by atoms with Gasteiger partial charge in [-0.25, -0.2) is 9.18 Å². The molecule has 1 heterocycles.